The van der Waals surface area contributed by atoms with E-state index in [1.165, 1.54) is 24.3 Å². The second-order valence-corrected chi connectivity index (χ2v) is 5.31. The number of esters is 1. The molecular weight excluding hydrogens is 366 g/mol. The topological polar surface area (TPSA) is 173 Å². The van der Waals surface area contributed by atoms with E-state index in [0.717, 1.165) is 7.11 Å². The highest BCUT2D eigenvalue weighted by molar-refractivity contribution is 6.28. The third-order valence-corrected chi connectivity index (χ3v) is 4.03. The molecule has 0 aliphatic heterocycles. The standard InChI is InChI=1S/C15H7N3O9/c1-27-15(20)10-8-6-4-2-3-5-7(6)14(19)9(8)11(16(21)22)13(18(25)26)12(10)17(23)24/h2-5H,1H3. The van der Waals surface area contributed by atoms with E-state index in [1.807, 2.05) is 0 Å². The van der Waals surface area contributed by atoms with Gasteiger partial charge in [-0.3, -0.25) is 35.1 Å². The number of nitro groups is 3. The minimum absolute atomic E-state index is 0.0130. The van der Waals surface area contributed by atoms with Gasteiger partial charge in [-0.05, 0) is 5.56 Å². The number of nitro benzene ring substituents is 3. The van der Waals surface area contributed by atoms with Crippen molar-refractivity contribution in [1.82, 2.24) is 0 Å². The first-order chi connectivity index (χ1) is 12.7. The van der Waals surface area contributed by atoms with Crippen molar-refractivity contribution in [2.75, 3.05) is 7.11 Å². The van der Waals surface area contributed by atoms with Gasteiger partial charge in [-0.1, -0.05) is 24.3 Å². The maximum absolute atomic E-state index is 12.7. The Labute approximate surface area is 148 Å². The van der Waals surface area contributed by atoms with Gasteiger partial charge < -0.3 is 4.74 Å². The number of ketones is 1. The molecule has 2 aromatic carbocycles. The van der Waals surface area contributed by atoms with Crippen LogP contribution in [0.4, 0.5) is 17.1 Å². The van der Waals surface area contributed by atoms with Gasteiger partial charge in [-0.25, -0.2) is 4.79 Å². The van der Waals surface area contributed by atoms with Crippen molar-refractivity contribution in [1.29, 1.82) is 0 Å². The second-order valence-electron chi connectivity index (χ2n) is 5.31. The number of hydrogen-bond donors (Lipinski definition) is 0. The minimum Gasteiger partial charge on any atom is -0.465 e. The predicted molar refractivity (Wildman–Crippen MR) is 86.6 cm³/mol. The van der Waals surface area contributed by atoms with Crippen LogP contribution in [0.3, 0.4) is 0 Å². The molecule has 0 fully saturated rings. The van der Waals surface area contributed by atoms with Crippen LogP contribution in [0.5, 0.6) is 0 Å². The van der Waals surface area contributed by atoms with Gasteiger partial charge in [0.25, 0.3) is 0 Å². The van der Waals surface area contributed by atoms with Crippen molar-refractivity contribution in [3.8, 4) is 11.1 Å². The zero-order valence-electron chi connectivity index (χ0n) is 13.3. The van der Waals surface area contributed by atoms with Crippen molar-refractivity contribution >= 4 is 28.8 Å². The maximum Gasteiger partial charge on any atom is 0.424 e. The van der Waals surface area contributed by atoms with Gasteiger partial charge in [0.1, 0.15) is 5.56 Å². The molecule has 1 aliphatic carbocycles. The Bertz CT molecular complexity index is 1090. The summed E-state index contributed by atoms with van der Waals surface area (Å²) in [5.74, 6) is -2.28. The van der Waals surface area contributed by atoms with E-state index in [0.29, 0.717) is 0 Å². The van der Waals surface area contributed by atoms with E-state index >= 15 is 0 Å². The third-order valence-electron chi connectivity index (χ3n) is 4.03. The fourth-order valence-corrected chi connectivity index (χ4v) is 3.06. The summed E-state index contributed by atoms with van der Waals surface area (Å²) >= 11 is 0. The second kappa shape index (κ2) is 5.94. The van der Waals surface area contributed by atoms with E-state index in [9.17, 15) is 39.9 Å². The summed E-state index contributed by atoms with van der Waals surface area (Å²) in [6.07, 6.45) is 0. The molecule has 0 radical (unpaired) electrons. The first-order valence-corrected chi connectivity index (χ1v) is 7.11. The van der Waals surface area contributed by atoms with Gasteiger partial charge in [0.15, 0.2) is 5.56 Å². The van der Waals surface area contributed by atoms with Gasteiger partial charge in [0.05, 0.1) is 21.9 Å². The molecule has 0 heterocycles. The monoisotopic (exact) mass is 373 g/mol. The van der Waals surface area contributed by atoms with Gasteiger partial charge in [-0.15, -0.1) is 0 Å². The SMILES string of the molecule is COC(=O)c1c2c(c([N+](=O)[O-])c([N+](=O)[O-])c1[N+](=O)[O-])C(=O)c1ccccc1-2. The van der Waals surface area contributed by atoms with Crippen LogP contribution in [0.1, 0.15) is 26.3 Å². The number of hydrogen-bond acceptors (Lipinski definition) is 9. The number of carbonyl (C=O) groups is 2. The molecule has 0 spiro atoms. The lowest BCUT2D eigenvalue weighted by atomic mass is 9.94. The molecule has 3 rings (SSSR count). The van der Waals surface area contributed by atoms with Crippen LogP contribution in [0, 0.1) is 30.3 Å². The number of benzene rings is 2. The lowest BCUT2D eigenvalue weighted by molar-refractivity contribution is -0.441. The number of ether oxygens (including phenoxy) is 1. The van der Waals surface area contributed by atoms with Gasteiger partial charge in [0, 0.05) is 11.1 Å². The van der Waals surface area contributed by atoms with Crippen molar-refractivity contribution in [3.63, 3.8) is 0 Å². The lowest BCUT2D eigenvalue weighted by Gasteiger charge is -2.09. The van der Waals surface area contributed by atoms with Crippen molar-refractivity contribution in [2.24, 2.45) is 0 Å². The summed E-state index contributed by atoms with van der Waals surface area (Å²) in [5.41, 5.74) is -6.41. The van der Waals surface area contributed by atoms with E-state index in [4.69, 9.17) is 0 Å². The molecule has 2 aromatic rings. The van der Waals surface area contributed by atoms with Crippen molar-refractivity contribution in [3.05, 3.63) is 71.3 Å². The first-order valence-electron chi connectivity index (χ1n) is 7.11. The van der Waals surface area contributed by atoms with Crippen molar-refractivity contribution < 1.29 is 29.1 Å². The van der Waals surface area contributed by atoms with Gasteiger partial charge in [-0.2, -0.15) is 0 Å². The first kappa shape index (κ1) is 17.6. The van der Waals surface area contributed by atoms with Crippen LogP contribution in [-0.2, 0) is 4.74 Å². The fraction of sp³-hybridized carbons (Fsp3) is 0.0667. The molecule has 27 heavy (non-hydrogen) atoms. The van der Waals surface area contributed by atoms with Crippen LogP contribution in [0.25, 0.3) is 11.1 Å². The van der Waals surface area contributed by atoms with Gasteiger partial charge >= 0.3 is 23.0 Å². The predicted octanol–water partition coefficient (Wildman–Crippen LogP) is 2.41. The molecule has 12 heteroatoms. The summed E-state index contributed by atoms with van der Waals surface area (Å²) in [4.78, 5) is 55.5. The normalized spacial score (nSPS) is 11.5. The Morgan fingerprint density at radius 3 is 1.85 bits per heavy atom. The number of carbonyl (C=O) groups excluding carboxylic acids is 2. The zero-order chi connectivity index (χ0) is 20.0. The Morgan fingerprint density at radius 2 is 1.37 bits per heavy atom. The largest absolute Gasteiger partial charge is 0.465 e. The summed E-state index contributed by atoms with van der Waals surface area (Å²) in [7, 11) is 0.883. The molecule has 0 atom stereocenters. The highest BCUT2D eigenvalue weighted by Gasteiger charge is 2.51. The third kappa shape index (κ3) is 2.31. The zero-order valence-corrected chi connectivity index (χ0v) is 13.3. The molecule has 136 valence electrons. The highest BCUT2D eigenvalue weighted by atomic mass is 16.6. The van der Waals surface area contributed by atoms with Gasteiger partial charge in [0.2, 0.25) is 5.78 Å². The molecule has 0 bridgehead atoms. The summed E-state index contributed by atoms with van der Waals surface area (Å²) in [5, 5.41) is 34.5. The summed E-state index contributed by atoms with van der Waals surface area (Å²) in [6, 6.07) is 5.50. The smallest absolute Gasteiger partial charge is 0.424 e. The van der Waals surface area contributed by atoms with Crippen LogP contribution in [-0.4, -0.2) is 33.6 Å². The quantitative estimate of drug-likeness (QED) is 0.378. The van der Waals surface area contributed by atoms with Crippen LogP contribution >= 0.6 is 0 Å². The average Bonchev–Trinajstić information content (AvgIpc) is 2.92. The van der Waals surface area contributed by atoms with Crippen LogP contribution in [0.15, 0.2) is 24.3 Å². The average molecular weight is 373 g/mol. The lowest BCUT2D eigenvalue weighted by Crippen LogP contribution is -2.14. The Kier molecular flexibility index (Phi) is 3.87. The fourth-order valence-electron chi connectivity index (χ4n) is 3.06. The van der Waals surface area contributed by atoms with Crippen LogP contribution in [0.2, 0.25) is 0 Å². The minimum atomic E-state index is -1.55. The molecule has 12 nitrogen and oxygen atoms in total. The Morgan fingerprint density at radius 1 is 0.852 bits per heavy atom. The summed E-state index contributed by atoms with van der Waals surface area (Å²) < 4.78 is 4.49. The molecule has 0 unspecified atom stereocenters. The number of rotatable bonds is 4. The number of fused-ring (bicyclic) bond motifs is 3. The van der Waals surface area contributed by atoms with E-state index < -0.39 is 60.3 Å². The molecule has 0 aromatic heterocycles. The van der Waals surface area contributed by atoms with E-state index in [-0.39, 0.29) is 11.1 Å². The van der Waals surface area contributed by atoms with E-state index in [2.05, 4.69) is 4.74 Å². The molecule has 0 amide bonds. The highest BCUT2D eigenvalue weighted by Crippen LogP contribution is 2.52. The molecule has 1 aliphatic rings. The molecule has 0 saturated carbocycles. The number of methoxy groups -OCH3 is 1. The molecular formula is C15H7N3O9. The summed E-state index contributed by atoms with van der Waals surface area (Å²) in [6.45, 7) is 0. The van der Waals surface area contributed by atoms with Crippen molar-refractivity contribution in [2.45, 2.75) is 0 Å². The molecule has 0 N–H and O–H groups in total. The van der Waals surface area contributed by atoms with E-state index in [1.54, 1.807) is 0 Å². The Balaban J connectivity index is 2.68. The number of nitrogens with zero attached hydrogens (tertiary/aromatic N) is 3. The Hall–Kier alpha value is -4.22. The van der Waals surface area contributed by atoms with Crippen LogP contribution < -0.4 is 0 Å². The molecule has 0 saturated heterocycles. The maximum atomic E-state index is 12.7.